The van der Waals surface area contributed by atoms with Crippen LogP contribution >= 0.6 is 28.8 Å². The van der Waals surface area contributed by atoms with Crippen molar-refractivity contribution in [3.63, 3.8) is 0 Å². The van der Waals surface area contributed by atoms with Gasteiger partial charge in [-0.1, -0.05) is 10.8 Å². The maximum atomic E-state index is 11.0. The number of nitrogens with one attached hydrogen (secondary N) is 1. The molecule has 0 heterocycles. The van der Waals surface area contributed by atoms with Crippen LogP contribution in [-0.4, -0.2) is 30.9 Å². The average molecular weight is 286 g/mol. The van der Waals surface area contributed by atoms with Gasteiger partial charge in [-0.05, 0) is 24.3 Å². The Kier molecular flexibility index (Phi) is 10.2. The molecule has 3 N–H and O–H groups in total. The van der Waals surface area contributed by atoms with E-state index in [0.29, 0.717) is 13.2 Å². The fourth-order valence-corrected chi connectivity index (χ4v) is 5.14. The zero-order valence-corrected chi connectivity index (χ0v) is 11.6. The lowest BCUT2D eigenvalue weighted by atomic mass is 10.7. The van der Waals surface area contributed by atoms with E-state index in [1.807, 2.05) is 19.2 Å². The number of nitrogens with two attached hydrogens (primary N) is 1. The van der Waals surface area contributed by atoms with Crippen LogP contribution in [0.3, 0.4) is 0 Å². The monoisotopic (exact) mass is 286 g/mol. The number of imide groups is 1. The molecule has 0 aliphatic rings. The first kappa shape index (κ1) is 16.0. The van der Waals surface area contributed by atoms with E-state index in [2.05, 4.69) is 0 Å². The van der Waals surface area contributed by atoms with Crippen molar-refractivity contribution in [2.45, 2.75) is 13.8 Å². The molecule has 0 aromatic heterocycles. The van der Waals surface area contributed by atoms with Gasteiger partial charge in [0.1, 0.15) is 0 Å². The molecule has 6 nitrogen and oxygen atoms in total. The van der Waals surface area contributed by atoms with E-state index in [9.17, 15) is 9.59 Å². The molecule has 0 aromatic carbocycles. The number of carbonyl (C=O) groups is 2. The number of urea groups is 1. The molecule has 3 amide bonds. The van der Waals surface area contributed by atoms with Gasteiger partial charge in [0.2, 0.25) is 13.5 Å². The van der Waals surface area contributed by atoms with Gasteiger partial charge >= 0.3 is 6.03 Å². The molecule has 0 saturated carbocycles. The lowest BCUT2D eigenvalue weighted by molar-refractivity contribution is -0.117. The smallest absolute Gasteiger partial charge is 0.318 e. The summed E-state index contributed by atoms with van der Waals surface area (Å²) in [6, 6.07) is -0.840. The molecular weight excluding hydrogens is 271 g/mol. The Balaban J connectivity index is 3.67. The molecule has 0 aliphatic carbocycles. The van der Waals surface area contributed by atoms with E-state index in [0.717, 1.165) is 0 Å². The Bertz CT molecular complexity index is 226. The number of carbonyl (C=O) groups excluding carboxylic acids is 2. The minimum atomic E-state index is -1.03. The SMILES string of the molecule is CCOP(OCC)SSCC(=O)NC(N)=O. The highest BCUT2D eigenvalue weighted by Crippen LogP contribution is 2.57. The molecule has 0 radical (unpaired) electrons. The zero-order chi connectivity index (χ0) is 12.4. The van der Waals surface area contributed by atoms with Crippen molar-refractivity contribution in [1.29, 1.82) is 0 Å². The predicted molar refractivity (Wildman–Crippen MR) is 67.9 cm³/mol. The third-order valence-corrected chi connectivity index (χ3v) is 6.29. The minimum Gasteiger partial charge on any atom is -0.351 e. The highest BCUT2D eigenvalue weighted by atomic mass is 33.3. The van der Waals surface area contributed by atoms with Gasteiger partial charge < -0.3 is 14.8 Å². The van der Waals surface area contributed by atoms with E-state index in [1.54, 1.807) is 0 Å². The van der Waals surface area contributed by atoms with E-state index in [-0.39, 0.29) is 5.75 Å². The minimum absolute atomic E-state index is 0.132. The van der Waals surface area contributed by atoms with Gasteiger partial charge in [0, 0.05) is 0 Å². The lowest BCUT2D eigenvalue weighted by Crippen LogP contribution is -2.35. The Hall–Kier alpha value is -0.0100. The van der Waals surface area contributed by atoms with Gasteiger partial charge in [0.05, 0.1) is 19.0 Å². The van der Waals surface area contributed by atoms with Crippen LogP contribution in [-0.2, 0) is 13.8 Å². The quantitative estimate of drug-likeness (QED) is 0.523. The Morgan fingerprint density at radius 2 is 1.88 bits per heavy atom. The molecule has 16 heavy (non-hydrogen) atoms. The lowest BCUT2D eigenvalue weighted by Gasteiger charge is -2.13. The first-order chi connectivity index (χ1) is 7.60. The number of hydrogen-bond donors (Lipinski definition) is 2. The summed E-state index contributed by atoms with van der Waals surface area (Å²) in [7, 11) is 1.59. The van der Waals surface area contributed by atoms with Gasteiger partial charge in [0.25, 0.3) is 0 Å². The molecular formula is C7H15N2O4PS2. The van der Waals surface area contributed by atoms with Crippen molar-refractivity contribution in [3.8, 4) is 0 Å². The predicted octanol–water partition coefficient (Wildman–Crippen LogP) is 1.86. The zero-order valence-electron chi connectivity index (χ0n) is 9.10. The van der Waals surface area contributed by atoms with E-state index in [1.165, 1.54) is 21.2 Å². The second kappa shape index (κ2) is 10.2. The number of amides is 3. The highest BCUT2D eigenvalue weighted by molar-refractivity contribution is 8.97. The Morgan fingerprint density at radius 1 is 1.31 bits per heavy atom. The average Bonchev–Trinajstić information content (AvgIpc) is 2.17. The van der Waals surface area contributed by atoms with E-state index < -0.39 is 19.5 Å². The summed E-state index contributed by atoms with van der Waals surface area (Å²) in [4.78, 5) is 21.4. The number of primary amides is 1. The maximum absolute atomic E-state index is 11.0. The molecule has 94 valence electrons. The second-order valence-corrected chi connectivity index (χ2v) is 7.34. The number of hydrogen-bond acceptors (Lipinski definition) is 6. The molecule has 0 spiro atoms. The van der Waals surface area contributed by atoms with Crippen molar-refractivity contribution in [2.75, 3.05) is 19.0 Å². The standard InChI is InChI=1S/C7H15N2O4PS2/c1-3-12-14(13-4-2)16-15-5-6(10)9-7(8)11/h3-5H2,1-2H3,(H3,8,9,10,11). The first-order valence-corrected chi connectivity index (χ1v) is 8.65. The van der Waals surface area contributed by atoms with Gasteiger partial charge in [-0.25, -0.2) is 4.79 Å². The maximum Gasteiger partial charge on any atom is 0.318 e. The molecule has 0 fully saturated rings. The van der Waals surface area contributed by atoms with Crippen LogP contribution in [0.1, 0.15) is 13.8 Å². The van der Waals surface area contributed by atoms with Gasteiger partial charge in [0.15, 0.2) is 0 Å². The summed E-state index contributed by atoms with van der Waals surface area (Å²) in [5.41, 5.74) is 4.79. The summed E-state index contributed by atoms with van der Waals surface area (Å²) in [5, 5.41) is 1.97. The summed E-state index contributed by atoms with van der Waals surface area (Å²) >= 11 is 0. The first-order valence-electron chi connectivity index (χ1n) is 4.55. The molecule has 9 heteroatoms. The summed E-state index contributed by atoms with van der Waals surface area (Å²) in [6.45, 7) is 4.87. The molecule has 0 saturated heterocycles. The van der Waals surface area contributed by atoms with Crippen LogP contribution in [0.5, 0.6) is 0 Å². The topological polar surface area (TPSA) is 90.7 Å². The van der Waals surface area contributed by atoms with Crippen molar-refractivity contribution >= 4 is 40.7 Å². The second-order valence-electron chi connectivity index (χ2n) is 2.31. The Labute approximate surface area is 103 Å². The fourth-order valence-electron chi connectivity index (χ4n) is 0.588. The third-order valence-electron chi connectivity index (χ3n) is 1.04. The largest absolute Gasteiger partial charge is 0.351 e. The van der Waals surface area contributed by atoms with Crippen LogP contribution in [0.2, 0.25) is 0 Å². The highest BCUT2D eigenvalue weighted by Gasteiger charge is 2.12. The van der Waals surface area contributed by atoms with Crippen molar-refractivity contribution in [1.82, 2.24) is 5.32 Å². The van der Waals surface area contributed by atoms with Gasteiger partial charge in [-0.2, -0.15) is 0 Å². The van der Waals surface area contributed by atoms with Crippen LogP contribution in [0.25, 0.3) is 0 Å². The molecule has 0 unspecified atom stereocenters. The molecule has 0 aliphatic heterocycles. The van der Waals surface area contributed by atoms with Gasteiger partial charge in [-0.15, -0.1) is 0 Å². The van der Waals surface area contributed by atoms with Crippen LogP contribution in [0, 0.1) is 0 Å². The van der Waals surface area contributed by atoms with Crippen molar-refractivity contribution < 1.29 is 18.6 Å². The summed E-state index contributed by atoms with van der Waals surface area (Å²) in [5.74, 6) is -0.292. The molecule has 0 atom stereocenters. The van der Waals surface area contributed by atoms with Crippen LogP contribution < -0.4 is 11.1 Å². The van der Waals surface area contributed by atoms with Crippen LogP contribution in [0.15, 0.2) is 0 Å². The van der Waals surface area contributed by atoms with E-state index in [4.69, 9.17) is 14.8 Å². The third kappa shape index (κ3) is 9.23. The fraction of sp³-hybridized carbons (Fsp3) is 0.714. The van der Waals surface area contributed by atoms with Gasteiger partial charge in [-0.3, -0.25) is 10.1 Å². The Morgan fingerprint density at radius 3 is 2.31 bits per heavy atom. The normalized spacial score (nSPS) is 10.4. The van der Waals surface area contributed by atoms with Crippen LogP contribution in [0.4, 0.5) is 4.79 Å². The summed E-state index contributed by atoms with van der Waals surface area (Å²) < 4.78 is 10.6. The molecule has 0 rings (SSSR count). The molecule has 0 aromatic rings. The summed E-state index contributed by atoms with van der Waals surface area (Å²) in [6.07, 6.45) is 0. The van der Waals surface area contributed by atoms with Crippen molar-refractivity contribution in [2.24, 2.45) is 5.73 Å². The molecule has 0 bridgehead atoms. The van der Waals surface area contributed by atoms with Crippen molar-refractivity contribution in [3.05, 3.63) is 0 Å². The number of rotatable bonds is 8. The van der Waals surface area contributed by atoms with E-state index >= 15 is 0 Å².